The molecule has 1 N–H and O–H groups in total. The number of likely N-dealkylation sites (tertiary alicyclic amines) is 1. The van der Waals surface area contributed by atoms with Crippen LogP contribution in [0.3, 0.4) is 0 Å². The fraction of sp³-hybridized carbons (Fsp3) is 0.481. The number of hydrogen-bond acceptors (Lipinski definition) is 4. The SMILES string of the molecule is CC(C)[C@H](C(=O)N[C@@H]1CCN(C2CCN(c3ccccc3C#N)CC2)C1)c1ccc(F)c(F)c1. The molecule has 2 saturated heterocycles. The van der Waals surface area contributed by atoms with E-state index in [0.29, 0.717) is 17.2 Å². The van der Waals surface area contributed by atoms with E-state index in [1.54, 1.807) is 0 Å². The van der Waals surface area contributed by atoms with Gasteiger partial charge in [-0.05, 0) is 55.0 Å². The van der Waals surface area contributed by atoms with Gasteiger partial charge in [0.2, 0.25) is 5.91 Å². The van der Waals surface area contributed by atoms with E-state index in [0.717, 1.165) is 63.3 Å². The van der Waals surface area contributed by atoms with Crippen LogP contribution >= 0.6 is 0 Å². The molecule has 0 aromatic heterocycles. The number of piperidine rings is 1. The second kappa shape index (κ2) is 10.5. The van der Waals surface area contributed by atoms with Gasteiger partial charge in [-0.25, -0.2) is 8.78 Å². The Bertz CT molecular complexity index is 1060. The Kier molecular flexibility index (Phi) is 7.47. The average Bonchev–Trinajstić information content (AvgIpc) is 3.29. The zero-order chi connectivity index (χ0) is 24.2. The number of benzene rings is 2. The number of nitriles is 1. The van der Waals surface area contributed by atoms with Crippen LogP contribution in [-0.4, -0.2) is 49.1 Å². The number of carbonyl (C=O) groups excluding carboxylic acids is 1. The van der Waals surface area contributed by atoms with Gasteiger partial charge in [-0.1, -0.05) is 32.0 Å². The lowest BCUT2D eigenvalue weighted by Gasteiger charge is -2.38. The molecule has 0 saturated carbocycles. The third-order valence-corrected chi connectivity index (χ3v) is 7.16. The standard InChI is InChI=1S/C27H32F2N4O/c1-18(2)26(19-7-8-23(28)24(29)15-19)27(34)31-21-9-12-33(17-21)22-10-13-32(14-11-22)25-6-4-3-5-20(25)16-30/h3-8,15,18,21-22,26H,9-14,17H2,1-2H3,(H,31,34)/t21-,26+/m1/s1. The van der Waals surface area contributed by atoms with Crippen LogP contribution in [0, 0.1) is 28.9 Å². The largest absolute Gasteiger partial charge is 0.370 e. The maximum Gasteiger partial charge on any atom is 0.228 e. The van der Waals surface area contributed by atoms with Crippen molar-refractivity contribution >= 4 is 11.6 Å². The van der Waals surface area contributed by atoms with E-state index in [1.807, 2.05) is 38.1 Å². The van der Waals surface area contributed by atoms with Crippen molar-refractivity contribution in [3.05, 3.63) is 65.2 Å². The molecule has 180 valence electrons. The summed E-state index contributed by atoms with van der Waals surface area (Å²) in [5.74, 6) is -2.52. The van der Waals surface area contributed by atoms with Crippen molar-refractivity contribution in [3.63, 3.8) is 0 Å². The van der Waals surface area contributed by atoms with Gasteiger partial charge in [-0.15, -0.1) is 0 Å². The summed E-state index contributed by atoms with van der Waals surface area (Å²) < 4.78 is 27.1. The minimum Gasteiger partial charge on any atom is -0.370 e. The van der Waals surface area contributed by atoms with Gasteiger partial charge >= 0.3 is 0 Å². The highest BCUT2D eigenvalue weighted by Gasteiger charge is 2.34. The van der Waals surface area contributed by atoms with E-state index >= 15 is 0 Å². The molecule has 4 rings (SSSR count). The van der Waals surface area contributed by atoms with Gasteiger partial charge < -0.3 is 10.2 Å². The molecule has 2 aliphatic rings. The van der Waals surface area contributed by atoms with Gasteiger partial charge in [0.15, 0.2) is 11.6 Å². The maximum absolute atomic E-state index is 13.8. The van der Waals surface area contributed by atoms with Crippen LogP contribution < -0.4 is 10.2 Å². The lowest BCUT2D eigenvalue weighted by molar-refractivity contribution is -0.124. The number of halogens is 2. The summed E-state index contributed by atoms with van der Waals surface area (Å²) in [5.41, 5.74) is 2.23. The van der Waals surface area contributed by atoms with Crippen molar-refractivity contribution in [1.29, 1.82) is 5.26 Å². The molecule has 2 aromatic rings. The van der Waals surface area contributed by atoms with Crippen LogP contribution in [0.5, 0.6) is 0 Å². The molecule has 7 heteroatoms. The molecule has 2 heterocycles. The number of rotatable bonds is 6. The molecule has 2 atom stereocenters. The van der Waals surface area contributed by atoms with Gasteiger partial charge in [-0.2, -0.15) is 5.26 Å². The van der Waals surface area contributed by atoms with Crippen molar-refractivity contribution < 1.29 is 13.6 Å². The van der Waals surface area contributed by atoms with Gasteiger partial charge in [0.1, 0.15) is 6.07 Å². The molecule has 0 spiro atoms. The zero-order valence-corrected chi connectivity index (χ0v) is 19.8. The number of amides is 1. The highest BCUT2D eigenvalue weighted by atomic mass is 19.2. The zero-order valence-electron chi connectivity index (χ0n) is 19.8. The Balaban J connectivity index is 1.32. The van der Waals surface area contributed by atoms with Gasteiger partial charge in [0, 0.05) is 38.3 Å². The normalized spacial score (nSPS) is 20.4. The number of carbonyl (C=O) groups is 1. The van der Waals surface area contributed by atoms with Crippen molar-refractivity contribution in [2.24, 2.45) is 5.92 Å². The van der Waals surface area contributed by atoms with Crippen molar-refractivity contribution in [3.8, 4) is 6.07 Å². The topological polar surface area (TPSA) is 59.4 Å². The summed E-state index contributed by atoms with van der Waals surface area (Å²) in [6, 6.07) is 14.3. The molecular formula is C27H32F2N4O. The number of nitrogens with zero attached hydrogens (tertiary/aromatic N) is 3. The predicted octanol–water partition coefficient (Wildman–Crippen LogP) is 4.44. The van der Waals surface area contributed by atoms with Crippen molar-refractivity contribution in [1.82, 2.24) is 10.2 Å². The van der Waals surface area contributed by atoms with Crippen LogP contribution in [0.25, 0.3) is 0 Å². The van der Waals surface area contributed by atoms with Gasteiger partial charge in [0.05, 0.1) is 17.2 Å². The quantitative estimate of drug-likeness (QED) is 0.684. The predicted molar refractivity (Wildman–Crippen MR) is 128 cm³/mol. The van der Waals surface area contributed by atoms with Crippen LogP contribution in [0.15, 0.2) is 42.5 Å². The number of para-hydroxylation sites is 1. The summed E-state index contributed by atoms with van der Waals surface area (Å²) in [5, 5.41) is 12.6. The monoisotopic (exact) mass is 466 g/mol. The first-order valence-corrected chi connectivity index (χ1v) is 12.1. The Morgan fingerprint density at radius 3 is 2.47 bits per heavy atom. The van der Waals surface area contributed by atoms with Crippen molar-refractivity contribution in [2.75, 3.05) is 31.1 Å². The van der Waals surface area contributed by atoms with Crippen LogP contribution in [-0.2, 0) is 4.79 Å². The Morgan fingerprint density at radius 1 is 1.06 bits per heavy atom. The third kappa shape index (κ3) is 5.23. The number of anilines is 1. The van der Waals surface area contributed by atoms with Gasteiger partial charge in [0.25, 0.3) is 0 Å². The second-order valence-electron chi connectivity index (χ2n) is 9.73. The molecule has 1 amide bonds. The Hall–Kier alpha value is -2.98. The number of nitrogens with one attached hydrogen (secondary N) is 1. The fourth-order valence-electron chi connectivity index (χ4n) is 5.39. The lowest BCUT2D eigenvalue weighted by atomic mass is 9.87. The molecule has 0 bridgehead atoms. The molecule has 0 unspecified atom stereocenters. The molecule has 34 heavy (non-hydrogen) atoms. The minimum atomic E-state index is -0.924. The average molecular weight is 467 g/mol. The van der Waals surface area contributed by atoms with Gasteiger partial charge in [-0.3, -0.25) is 9.69 Å². The first kappa shape index (κ1) is 24.2. The lowest BCUT2D eigenvalue weighted by Crippen LogP contribution is -2.46. The van der Waals surface area contributed by atoms with Crippen molar-refractivity contribution in [2.45, 2.75) is 51.1 Å². The molecule has 2 aromatic carbocycles. The van der Waals surface area contributed by atoms with E-state index in [2.05, 4.69) is 21.2 Å². The summed E-state index contributed by atoms with van der Waals surface area (Å²) in [7, 11) is 0. The minimum absolute atomic E-state index is 0.0389. The van der Waals surface area contributed by atoms with Crippen LogP contribution in [0.1, 0.15) is 50.2 Å². The van der Waals surface area contributed by atoms with Crippen LogP contribution in [0.2, 0.25) is 0 Å². The summed E-state index contributed by atoms with van der Waals surface area (Å²) in [6.07, 6.45) is 2.92. The van der Waals surface area contributed by atoms with Crippen LogP contribution in [0.4, 0.5) is 14.5 Å². The molecular weight excluding hydrogens is 434 g/mol. The van der Waals surface area contributed by atoms with E-state index < -0.39 is 17.6 Å². The summed E-state index contributed by atoms with van der Waals surface area (Å²) in [6.45, 7) is 7.38. The molecule has 0 radical (unpaired) electrons. The maximum atomic E-state index is 13.8. The first-order chi connectivity index (χ1) is 16.4. The Morgan fingerprint density at radius 2 is 1.79 bits per heavy atom. The second-order valence-corrected chi connectivity index (χ2v) is 9.73. The van der Waals surface area contributed by atoms with E-state index in [-0.39, 0.29) is 17.9 Å². The Labute approximate surface area is 200 Å². The number of hydrogen-bond donors (Lipinski definition) is 1. The van der Waals surface area contributed by atoms with E-state index in [4.69, 9.17) is 0 Å². The van der Waals surface area contributed by atoms with E-state index in [1.165, 1.54) is 6.07 Å². The molecule has 2 aliphatic heterocycles. The molecule has 0 aliphatic carbocycles. The summed E-state index contributed by atoms with van der Waals surface area (Å²) in [4.78, 5) is 17.9. The highest BCUT2D eigenvalue weighted by Crippen LogP contribution is 2.29. The molecule has 5 nitrogen and oxygen atoms in total. The third-order valence-electron chi connectivity index (χ3n) is 7.16. The molecule has 2 fully saturated rings. The fourth-order valence-corrected chi connectivity index (χ4v) is 5.39. The first-order valence-electron chi connectivity index (χ1n) is 12.1. The smallest absolute Gasteiger partial charge is 0.228 e. The highest BCUT2D eigenvalue weighted by molar-refractivity contribution is 5.84. The summed E-state index contributed by atoms with van der Waals surface area (Å²) >= 11 is 0. The van der Waals surface area contributed by atoms with E-state index in [9.17, 15) is 18.8 Å².